The zero-order chi connectivity index (χ0) is 91.9. The number of thioether (sulfide) groups is 1. The van der Waals surface area contributed by atoms with E-state index < -0.39 is 11.6 Å². The maximum atomic E-state index is 12.9. The number of carboxylic acids is 1. The van der Waals surface area contributed by atoms with Crippen molar-refractivity contribution in [3.8, 4) is 74.4 Å². The van der Waals surface area contributed by atoms with E-state index in [4.69, 9.17) is 44.5 Å². The lowest BCUT2D eigenvalue weighted by Crippen LogP contribution is -2.48. The number of carbonyl (C=O) groups is 6. The Balaban J connectivity index is 0.000000126. The third-order valence-corrected chi connectivity index (χ3v) is 23.4. The van der Waals surface area contributed by atoms with Gasteiger partial charge in [0, 0.05) is 149 Å². The molecule has 1 aliphatic heterocycles. The van der Waals surface area contributed by atoms with Gasteiger partial charge in [0.15, 0.2) is 62.5 Å². The Morgan fingerprint density at radius 2 is 1.24 bits per heavy atom. The molecule has 6 heterocycles. The molecule has 2 aliphatic rings. The van der Waals surface area contributed by atoms with Gasteiger partial charge in [0.05, 0.1) is 36.4 Å². The lowest BCUT2D eigenvalue weighted by molar-refractivity contribution is -0.137. The second-order valence-electron chi connectivity index (χ2n) is 30.0. The van der Waals surface area contributed by atoms with Crippen molar-refractivity contribution >= 4 is 153 Å². The first-order chi connectivity index (χ1) is 63.4. The van der Waals surface area contributed by atoms with Gasteiger partial charge in [0.1, 0.15) is 22.8 Å². The molecule has 0 unspecified atom stereocenters. The number of piperazine rings is 1. The number of oxazole rings is 1. The number of halogens is 3. The summed E-state index contributed by atoms with van der Waals surface area (Å²) in [7, 11) is 3.12. The average molecular weight is 1970 g/mol. The maximum Gasteiger partial charge on any atom is 0.347 e. The third-order valence-electron chi connectivity index (χ3n) is 21.1. The normalized spacial score (nSPS) is 12.0. The number of ketones is 3. The van der Waals surface area contributed by atoms with Crippen LogP contribution in [0, 0.1) is 17.4 Å². The van der Waals surface area contributed by atoms with Gasteiger partial charge in [-0.2, -0.15) is 4.52 Å². The number of Topliss-reactive ketones (excluding diaryl/α,β-unsaturated/α-hetero) is 1. The number of benzene rings is 12. The van der Waals surface area contributed by atoms with Crippen molar-refractivity contribution in [3.05, 3.63) is 341 Å². The zero-order valence-electron chi connectivity index (χ0n) is 70.5. The molecule has 131 heavy (non-hydrogen) atoms. The van der Waals surface area contributed by atoms with Gasteiger partial charge in [-0.1, -0.05) is 159 Å². The van der Waals surface area contributed by atoms with Gasteiger partial charge in [-0.15, -0.1) is 5.10 Å². The zero-order valence-corrected chi connectivity index (χ0v) is 75.8. The van der Waals surface area contributed by atoms with Gasteiger partial charge in [0.25, 0.3) is 5.91 Å². The van der Waals surface area contributed by atoms with Crippen LogP contribution < -0.4 is 30.6 Å². The lowest BCUT2D eigenvalue weighted by atomic mass is 9.84. The molecule has 0 atom stereocenters. The molecule has 1 aliphatic carbocycles. The first-order valence-corrected chi connectivity index (χ1v) is 44.2. The number of carboxylic acid groups (broad SMARTS) is 1. The highest BCUT2D eigenvalue weighted by atomic mass is 127. The summed E-state index contributed by atoms with van der Waals surface area (Å²) in [4.78, 5) is 108. The van der Waals surface area contributed by atoms with Gasteiger partial charge in [-0.05, 0) is 194 Å². The Morgan fingerprint density at radius 1 is 0.573 bits per heavy atom. The summed E-state index contributed by atoms with van der Waals surface area (Å²) in [5.41, 5.74) is 14.0. The van der Waals surface area contributed by atoms with E-state index in [9.17, 15) is 48.9 Å². The van der Waals surface area contributed by atoms with E-state index in [0.29, 0.717) is 140 Å². The number of phenols is 3. The van der Waals surface area contributed by atoms with Crippen LogP contribution in [-0.2, 0) is 16.1 Å². The Morgan fingerprint density at radius 3 is 1.95 bits per heavy atom. The van der Waals surface area contributed by atoms with Crippen LogP contribution in [0.5, 0.6) is 28.7 Å². The van der Waals surface area contributed by atoms with Gasteiger partial charge in [-0.25, -0.2) is 24.7 Å². The highest BCUT2D eigenvalue weighted by Crippen LogP contribution is 2.36. The molecule has 658 valence electrons. The van der Waals surface area contributed by atoms with Crippen molar-refractivity contribution in [1.82, 2.24) is 39.6 Å². The van der Waals surface area contributed by atoms with Crippen LogP contribution in [0.15, 0.2) is 295 Å². The monoisotopic (exact) mass is 1960 g/mol. The molecule has 1 fully saturated rings. The Kier molecular flexibility index (Phi) is 28.8. The van der Waals surface area contributed by atoms with Crippen molar-refractivity contribution < 1.29 is 72.0 Å². The fourth-order valence-electron chi connectivity index (χ4n) is 14.3. The number of aryl methyl sites for hydroxylation is 2. The first kappa shape index (κ1) is 90.9. The van der Waals surface area contributed by atoms with Gasteiger partial charge >= 0.3 is 11.6 Å². The van der Waals surface area contributed by atoms with Crippen LogP contribution in [0.2, 0.25) is 5.02 Å². The number of fused-ring (bicyclic) bond motifs is 7. The highest BCUT2D eigenvalue weighted by Gasteiger charge is 2.31. The number of hydrogen-bond acceptors (Lipinski definition) is 24. The van der Waals surface area contributed by atoms with Crippen LogP contribution in [0.3, 0.4) is 0 Å². The number of aromatic nitrogens is 7. The maximum absolute atomic E-state index is 12.9. The number of para-hydroxylation sites is 2. The summed E-state index contributed by atoms with van der Waals surface area (Å²) >= 11 is 12.8. The van der Waals surface area contributed by atoms with Gasteiger partial charge in [0.2, 0.25) is 17.7 Å². The summed E-state index contributed by atoms with van der Waals surface area (Å²) in [6.07, 6.45) is 0.578. The Bertz CT molecular complexity index is 7230. The fraction of sp³-hybridized carbons (Fsp3) is 0.130. The van der Waals surface area contributed by atoms with E-state index in [1.165, 1.54) is 35.5 Å². The first-order valence-electron chi connectivity index (χ1n) is 41.0. The number of nitrogens with one attached hydrogen (secondary N) is 2. The molecule has 0 spiro atoms. The smallest absolute Gasteiger partial charge is 0.347 e. The number of ether oxygens (including phenoxy) is 2. The summed E-state index contributed by atoms with van der Waals surface area (Å²) in [5.74, 6) is 1.24. The molecule has 1 saturated heterocycles. The van der Waals surface area contributed by atoms with E-state index in [2.05, 4.69) is 98.3 Å². The number of methoxy groups -OCH3 is 2. The van der Waals surface area contributed by atoms with E-state index in [0.717, 1.165) is 69.2 Å². The van der Waals surface area contributed by atoms with E-state index in [1.54, 1.807) is 127 Å². The Labute approximate surface area is 780 Å². The summed E-state index contributed by atoms with van der Waals surface area (Å²) < 4.78 is 30.6. The molecule has 17 aromatic rings. The van der Waals surface area contributed by atoms with Gasteiger partial charge in [-0.3, -0.25) is 28.8 Å². The number of aromatic hydroxyl groups is 3. The number of phenolic OH excluding ortho intramolecular Hbond substituents is 3. The van der Waals surface area contributed by atoms with Crippen molar-refractivity contribution in [1.29, 1.82) is 0 Å². The SMILES string of the molecule is COc1cc(OC)cc(-c2nc3ccccc3c(=O)o2)c1.Cc1cccc(-c2nc3cc(NCc4cc(I)cc(C)c4O)ccc3o2)c1.O=C(CSc1nc2ccccc2c2nc(-c3ccccc3)nn12)c1ccc(O)c(O)c1.O=C(Nc1cccc(Cl)c1)c1cc(-c2ccc(Br)cc2)on1.O=C(O)CCCC(=O)N1CCN(c2ccc3c(c2)C(=O)c2ccccc2C3=O)CC1. The topological polar surface area (TPSA) is 371 Å². The fourth-order valence-corrected chi connectivity index (χ4v) is 16.5. The number of anilines is 3. The molecular weight excluding hydrogens is 1890 g/mol. The summed E-state index contributed by atoms with van der Waals surface area (Å²) in [5, 5.41) is 55.0. The van der Waals surface area contributed by atoms with Gasteiger partial charge < -0.3 is 63.7 Å². The molecule has 27 nitrogen and oxygen atoms in total. The third kappa shape index (κ3) is 22.1. The van der Waals surface area contributed by atoms with E-state index in [-0.39, 0.29) is 70.8 Å². The quantitative estimate of drug-likeness (QED) is 0.0136. The molecular formula is C100H80BrClIN11O16S. The number of hydrogen-bond donors (Lipinski definition) is 6. The van der Waals surface area contributed by atoms with Crippen LogP contribution in [0.4, 0.5) is 17.1 Å². The van der Waals surface area contributed by atoms with Crippen molar-refractivity contribution in [2.24, 2.45) is 0 Å². The number of carbonyl (C=O) groups excluding carboxylic acids is 5. The number of rotatable bonds is 20. The molecule has 0 bridgehead atoms. The van der Waals surface area contributed by atoms with Crippen molar-refractivity contribution in [2.45, 2.75) is 44.8 Å². The van der Waals surface area contributed by atoms with E-state index in [1.807, 2.05) is 140 Å². The molecule has 5 aromatic heterocycles. The van der Waals surface area contributed by atoms with Crippen LogP contribution in [0.25, 0.3) is 84.2 Å². The minimum Gasteiger partial charge on any atom is -0.507 e. The Hall–Kier alpha value is -14.9. The van der Waals surface area contributed by atoms with E-state index >= 15 is 0 Å². The molecule has 2 amide bonds. The van der Waals surface area contributed by atoms with Crippen molar-refractivity contribution in [3.63, 3.8) is 0 Å². The standard InChI is InChI=1S/C23H16N4O3S.C23H22N2O5.C22H19IN2O2.C16H10BrClN2O2.C16H13NO4/c28-18-11-10-15(12-19(18)29)20(30)13-31-23-24-17-9-5-4-8-16(17)22-25-21(26-27(22)23)14-6-2-1-3-7-14;26-20(6-3-7-21(27)28)25-12-10-24(11-13-25)15-8-9-18-19(14-15)23(30)17-5-2-1-4-16(17)22(18)29;1-13-4-3-5-15(8-13)22-25-19-11-18(6-7-20(19)27-22)24-12-16-10-17(23)9-14(2)21(16)26;17-11-6-4-10(5-7-11)15-9-14(20-22-15)16(21)19-13-3-1-2-12(18)8-13;1-19-11-7-10(8-12(9-11)20-2)15-17-14-6-4-3-5-13(14)16(18)21-15/h1-12,28-29H,13H2;1-2,4-5,8-9,14H,3,6-7,10-13H2,(H,27,28);3-11,24,26H,12H2,1-2H3;1-9H,(H,19,21);3-9H,1-2H3. The van der Waals surface area contributed by atoms with Crippen LogP contribution >= 0.6 is 61.9 Å². The highest BCUT2D eigenvalue weighted by molar-refractivity contribution is 14.1. The predicted octanol–water partition coefficient (Wildman–Crippen LogP) is 20.6. The van der Waals surface area contributed by atoms with Crippen LogP contribution in [-0.4, -0.2) is 141 Å². The molecule has 0 saturated carbocycles. The summed E-state index contributed by atoms with van der Waals surface area (Å²) in [6.45, 7) is 6.81. The van der Waals surface area contributed by atoms with Crippen molar-refractivity contribution in [2.75, 3.05) is 61.7 Å². The second-order valence-corrected chi connectivity index (χ2v) is 33.6. The molecule has 6 N–H and O–H groups in total. The molecule has 0 radical (unpaired) electrons. The minimum absolute atomic E-state index is 0.00327. The lowest BCUT2D eigenvalue weighted by Gasteiger charge is -2.36. The predicted molar refractivity (Wildman–Crippen MR) is 514 cm³/mol. The van der Waals surface area contributed by atoms with Crippen LogP contribution in [0.1, 0.15) is 88.6 Å². The number of amides is 2. The molecule has 31 heteroatoms. The molecule has 12 aromatic carbocycles. The average Bonchev–Trinajstić information content (AvgIpc) is 1.71. The minimum atomic E-state index is -0.893. The number of nitrogens with zero attached hydrogens (tertiary/aromatic N) is 9. The number of aliphatic carboxylic acids is 1. The largest absolute Gasteiger partial charge is 0.507 e. The second kappa shape index (κ2) is 41.5. The summed E-state index contributed by atoms with van der Waals surface area (Å²) in [6, 6.07) is 79.8. The molecule has 19 rings (SSSR count).